The summed E-state index contributed by atoms with van der Waals surface area (Å²) >= 11 is 0. The predicted molar refractivity (Wildman–Crippen MR) is 58.2 cm³/mol. The van der Waals surface area contributed by atoms with Gasteiger partial charge in [-0.3, -0.25) is 4.79 Å². The summed E-state index contributed by atoms with van der Waals surface area (Å²) in [4.78, 5) is 10.8. The lowest BCUT2D eigenvalue weighted by Crippen LogP contribution is -2.31. The second-order valence-corrected chi connectivity index (χ2v) is 3.79. The molecule has 0 saturated heterocycles. The van der Waals surface area contributed by atoms with Gasteiger partial charge in [0, 0.05) is 13.0 Å². The first-order chi connectivity index (χ1) is 6.58. The van der Waals surface area contributed by atoms with E-state index >= 15 is 0 Å². The van der Waals surface area contributed by atoms with E-state index < -0.39 is 0 Å². The van der Waals surface area contributed by atoms with Crippen LogP contribution >= 0.6 is 0 Å². The molecule has 0 fully saturated rings. The smallest absolute Gasteiger partial charge is 0.217 e. The largest absolute Gasteiger partial charge is 0.354 e. The molecule has 0 bridgehead atoms. The highest BCUT2D eigenvalue weighted by Gasteiger charge is 2.04. The van der Waals surface area contributed by atoms with Gasteiger partial charge < -0.3 is 5.32 Å². The molecule has 0 spiro atoms. The number of benzene rings is 1. The maximum Gasteiger partial charge on any atom is 0.217 e. The van der Waals surface area contributed by atoms with Crippen LogP contribution in [0.15, 0.2) is 24.3 Å². The molecular formula is C12H17NO. The van der Waals surface area contributed by atoms with Crippen molar-refractivity contribution in [1.29, 1.82) is 0 Å². The lowest BCUT2D eigenvalue weighted by Gasteiger charge is -2.12. The van der Waals surface area contributed by atoms with Gasteiger partial charge in [-0.05, 0) is 25.8 Å². The Morgan fingerprint density at radius 3 is 2.79 bits per heavy atom. The first-order valence-corrected chi connectivity index (χ1v) is 4.90. The van der Waals surface area contributed by atoms with Crippen molar-refractivity contribution in [2.24, 2.45) is 0 Å². The van der Waals surface area contributed by atoms with Crippen molar-refractivity contribution in [2.45, 2.75) is 33.2 Å². The van der Waals surface area contributed by atoms with E-state index in [9.17, 15) is 4.79 Å². The molecular weight excluding hydrogens is 174 g/mol. The molecule has 14 heavy (non-hydrogen) atoms. The number of carbonyl (C=O) groups is 1. The molecule has 76 valence electrons. The SMILES string of the molecule is CC(=O)NC(C)Cc1cccc(C)c1. The monoisotopic (exact) mass is 191 g/mol. The second-order valence-electron chi connectivity index (χ2n) is 3.79. The van der Waals surface area contributed by atoms with Crippen molar-refractivity contribution in [1.82, 2.24) is 5.32 Å². The van der Waals surface area contributed by atoms with E-state index in [1.165, 1.54) is 11.1 Å². The summed E-state index contributed by atoms with van der Waals surface area (Å²) in [5.74, 6) is 0.0325. The highest BCUT2D eigenvalue weighted by atomic mass is 16.1. The normalized spacial score (nSPS) is 12.2. The lowest BCUT2D eigenvalue weighted by molar-refractivity contribution is -0.119. The van der Waals surface area contributed by atoms with Crippen LogP contribution in [0.1, 0.15) is 25.0 Å². The average molecular weight is 191 g/mol. The van der Waals surface area contributed by atoms with Crippen LogP contribution in [0.5, 0.6) is 0 Å². The zero-order valence-corrected chi connectivity index (χ0v) is 9.00. The fraction of sp³-hybridized carbons (Fsp3) is 0.417. The Morgan fingerprint density at radius 1 is 1.50 bits per heavy atom. The van der Waals surface area contributed by atoms with E-state index in [-0.39, 0.29) is 11.9 Å². The third-order valence-electron chi connectivity index (χ3n) is 2.07. The minimum absolute atomic E-state index is 0.0325. The summed E-state index contributed by atoms with van der Waals surface area (Å²) in [5.41, 5.74) is 2.53. The van der Waals surface area contributed by atoms with Gasteiger partial charge in [-0.25, -0.2) is 0 Å². The van der Waals surface area contributed by atoms with Crippen LogP contribution in [0.4, 0.5) is 0 Å². The van der Waals surface area contributed by atoms with E-state index in [2.05, 4.69) is 30.4 Å². The van der Waals surface area contributed by atoms with E-state index in [0.717, 1.165) is 6.42 Å². The van der Waals surface area contributed by atoms with Crippen LogP contribution in [-0.4, -0.2) is 11.9 Å². The van der Waals surface area contributed by atoms with Crippen LogP contribution in [0.3, 0.4) is 0 Å². The van der Waals surface area contributed by atoms with Crippen LogP contribution in [0.2, 0.25) is 0 Å². The molecule has 2 heteroatoms. The fourth-order valence-corrected chi connectivity index (χ4v) is 1.59. The molecule has 1 rings (SSSR count). The number of aryl methyl sites for hydroxylation is 1. The predicted octanol–water partition coefficient (Wildman–Crippen LogP) is 2.06. The van der Waals surface area contributed by atoms with Crippen molar-refractivity contribution in [2.75, 3.05) is 0 Å². The Morgan fingerprint density at radius 2 is 2.21 bits per heavy atom. The van der Waals surface area contributed by atoms with Gasteiger partial charge >= 0.3 is 0 Å². The molecule has 0 aliphatic rings. The van der Waals surface area contributed by atoms with Crippen molar-refractivity contribution in [3.63, 3.8) is 0 Å². The van der Waals surface area contributed by atoms with Crippen molar-refractivity contribution >= 4 is 5.91 Å². The van der Waals surface area contributed by atoms with Gasteiger partial charge in [0.25, 0.3) is 0 Å². The van der Waals surface area contributed by atoms with E-state index in [4.69, 9.17) is 0 Å². The van der Waals surface area contributed by atoms with Crippen LogP contribution in [0, 0.1) is 6.92 Å². The summed E-state index contributed by atoms with van der Waals surface area (Å²) in [6.07, 6.45) is 0.890. The third kappa shape index (κ3) is 3.60. The van der Waals surface area contributed by atoms with Crippen molar-refractivity contribution in [3.05, 3.63) is 35.4 Å². The van der Waals surface area contributed by atoms with E-state index in [0.29, 0.717) is 0 Å². The zero-order chi connectivity index (χ0) is 10.6. The van der Waals surface area contributed by atoms with Crippen LogP contribution in [0.25, 0.3) is 0 Å². The molecule has 1 atom stereocenters. The molecule has 0 aromatic heterocycles. The number of nitrogens with one attached hydrogen (secondary N) is 1. The number of hydrogen-bond donors (Lipinski definition) is 1. The quantitative estimate of drug-likeness (QED) is 0.778. The van der Waals surface area contributed by atoms with Gasteiger partial charge in [0.15, 0.2) is 0 Å². The fourth-order valence-electron chi connectivity index (χ4n) is 1.59. The van der Waals surface area contributed by atoms with Gasteiger partial charge in [0.1, 0.15) is 0 Å². The molecule has 2 nitrogen and oxygen atoms in total. The molecule has 1 aromatic carbocycles. The number of rotatable bonds is 3. The summed E-state index contributed by atoms with van der Waals surface area (Å²) in [7, 11) is 0. The van der Waals surface area contributed by atoms with Gasteiger partial charge in [-0.2, -0.15) is 0 Å². The summed E-state index contributed by atoms with van der Waals surface area (Å²) < 4.78 is 0. The Hall–Kier alpha value is -1.31. The van der Waals surface area contributed by atoms with Crippen LogP contribution < -0.4 is 5.32 Å². The van der Waals surface area contributed by atoms with E-state index in [1.54, 1.807) is 6.92 Å². The average Bonchev–Trinajstić information content (AvgIpc) is 2.01. The zero-order valence-electron chi connectivity index (χ0n) is 9.00. The number of hydrogen-bond acceptors (Lipinski definition) is 1. The third-order valence-corrected chi connectivity index (χ3v) is 2.07. The molecule has 0 radical (unpaired) electrons. The molecule has 1 unspecified atom stereocenters. The molecule has 0 heterocycles. The van der Waals surface area contributed by atoms with Gasteiger partial charge in [-0.1, -0.05) is 29.8 Å². The highest BCUT2D eigenvalue weighted by Crippen LogP contribution is 2.06. The first kappa shape index (κ1) is 10.8. The topological polar surface area (TPSA) is 29.1 Å². The van der Waals surface area contributed by atoms with Crippen molar-refractivity contribution < 1.29 is 4.79 Å². The van der Waals surface area contributed by atoms with Gasteiger partial charge in [0.2, 0.25) is 5.91 Å². The maximum atomic E-state index is 10.8. The lowest BCUT2D eigenvalue weighted by atomic mass is 10.1. The standard InChI is InChI=1S/C12H17NO/c1-9-5-4-6-12(7-9)8-10(2)13-11(3)14/h4-7,10H,8H2,1-3H3,(H,13,14). The van der Waals surface area contributed by atoms with E-state index in [1.807, 2.05) is 13.0 Å². The molecule has 0 saturated carbocycles. The van der Waals surface area contributed by atoms with Crippen molar-refractivity contribution in [3.8, 4) is 0 Å². The Balaban J connectivity index is 2.55. The Bertz CT molecular complexity index is 320. The molecule has 1 aromatic rings. The highest BCUT2D eigenvalue weighted by molar-refractivity contribution is 5.73. The number of carbonyl (C=O) groups excluding carboxylic acids is 1. The first-order valence-electron chi connectivity index (χ1n) is 4.90. The van der Waals surface area contributed by atoms with Crippen LogP contribution in [-0.2, 0) is 11.2 Å². The molecule has 1 amide bonds. The summed E-state index contributed by atoms with van der Waals surface area (Å²) in [6, 6.07) is 8.57. The molecule has 0 aliphatic carbocycles. The molecule has 1 N–H and O–H groups in total. The van der Waals surface area contributed by atoms with Gasteiger partial charge in [-0.15, -0.1) is 0 Å². The maximum absolute atomic E-state index is 10.8. The molecule has 0 aliphatic heterocycles. The number of amides is 1. The Labute approximate surface area is 85.3 Å². The Kier molecular flexibility index (Phi) is 3.69. The van der Waals surface area contributed by atoms with Gasteiger partial charge in [0.05, 0.1) is 0 Å². The summed E-state index contributed by atoms with van der Waals surface area (Å²) in [6.45, 7) is 5.64. The second kappa shape index (κ2) is 4.80. The summed E-state index contributed by atoms with van der Waals surface area (Å²) in [5, 5.41) is 2.87. The minimum Gasteiger partial charge on any atom is -0.354 e. The minimum atomic E-state index is 0.0325.